The van der Waals surface area contributed by atoms with Gasteiger partial charge in [0.1, 0.15) is 0 Å². The van der Waals surface area contributed by atoms with Gasteiger partial charge >= 0.3 is 0 Å². The summed E-state index contributed by atoms with van der Waals surface area (Å²) in [6.07, 6.45) is 2.22. The molecule has 0 aliphatic carbocycles. The monoisotopic (exact) mass is 295 g/mol. The van der Waals surface area contributed by atoms with Crippen molar-refractivity contribution in [1.29, 1.82) is 0 Å². The Morgan fingerprint density at radius 1 is 1.14 bits per heavy atom. The molecule has 0 atom stereocenters. The second-order valence-corrected chi connectivity index (χ2v) is 6.99. The summed E-state index contributed by atoms with van der Waals surface area (Å²) in [5.74, 6) is 2.02. The highest BCUT2D eigenvalue weighted by Crippen LogP contribution is 2.26. The Bertz CT molecular complexity index is 455. The molecular weight excluding hydrogens is 270 g/mol. The first kappa shape index (κ1) is 14.9. The van der Waals surface area contributed by atoms with E-state index in [2.05, 4.69) is 35.8 Å². The second-order valence-electron chi connectivity index (χ2n) is 6.99. The van der Waals surface area contributed by atoms with Crippen LogP contribution in [0.2, 0.25) is 0 Å². The summed E-state index contributed by atoms with van der Waals surface area (Å²) in [7, 11) is 0. The molecule has 3 rings (SSSR count). The lowest BCUT2D eigenvalue weighted by molar-refractivity contribution is -0.0981. The minimum atomic E-state index is -0.0636. The van der Waals surface area contributed by atoms with Crippen LogP contribution in [-0.4, -0.2) is 47.6 Å². The molecule has 6 nitrogen and oxygen atoms in total. The Morgan fingerprint density at radius 3 is 2.38 bits per heavy atom. The van der Waals surface area contributed by atoms with Gasteiger partial charge < -0.3 is 14.0 Å². The molecule has 2 aliphatic rings. The zero-order valence-electron chi connectivity index (χ0n) is 13.2. The van der Waals surface area contributed by atoms with E-state index in [1.165, 1.54) is 0 Å². The fourth-order valence-corrected chi connectivity index (χ4v) is 2.85. The molecule has 21 heavy (non-hydrogen) atoms. The van der Waals surface area contributed by atoms with E-state index in [4.69, 9.17) is 14.0 Å². The molecule has 2 aliphatic heterocycles. The number of likely N-dealkylation sites (tertiary alicyclic amines) is 1. The molecule has 3 heterocycles. The van der Waals surface area contributed by atoms with E-state index in [0.29, 0.717) is 11.8 Å². The summed E-state index contributed by atoms with van der Waals surface area (Å²) in [6.45, 7) is 10.5. The number of rotatable bonds is 3. The lowest BCUT2D eigenvalue weighted by atomic mass is 9.96. The van der Waals surface area contributed by atoms with E-state index in [0.717, 1.165) is 51.5 Å². The minimum absolute atomic E-state index is 0.0167. The highest BCUT2D eigenvalue weighted by molar-refractivity contribution is 5.00. The van der Waals surface area contributed by atoms with Gasteiger partial charge in [-0.05, 0) is 25.9 Å². The third-order valence-electron chi connectivity index (χ3n) is 4.16. The van der Waals surface area contributed by atoms with Gasteiger partial charge in [0, 0.05) is 11.3 Å². The van der Waals surface area contributed by atoms with Gasteiger partial charge in [-0.25, -0.2) is 0 Å². The van der Waals surface area contributed by atoms with Gasteiger partial charge in [0.15, 0.2) is 12.1 Å². The van der Waals surface area contributed by atoms with Crippen LogP contribution in [0.4, 0.5) is 0 Å². The van der Waals surface area contributed by atoms with Crippen molar-refractivity contribution in [2.45, 2.75) is 51.9 Å². The summed E-state index contributed by atoms with van der Waals surface area (Å²) in [6, 6.07) is 0. The molecule has 0 unspecified atom stereocenters. The van der Waals surface area contributed by atoms with Crippen LogP contribution < -0.4 is 0 Å². The van der Waals surface area contributed by atoms with Crippen molar-refractivity contribution in [2.75, 3.05) is 26.3 Å². The van der Waals surface area contributed by atoms with Crippen molar-refractivity contribution in [2.24, 2.45) is 5.92 Å². The van der Waals surface area contributed by atoms with E-state index in [9.17, 15) is 0 Å². The van der Waals surface area contributed by atoms with Crippen LogP contribution in [0.1, 0.15) is 45.3 Å². The maximum Gasteiger partial charge on any atom is 0.240 e. The van der Waals surface area contributed by atoms with Gasteiger partial charge in [0.25, 0.3) is 0 Å². The Balaban J connectivity index is 1.50. The SMILES string of the molecule is CC(C)(C)c1noc(CN2CCC(C3OCCO3)CC2)n1. The fraction of sp³-hybridized carbons (Fsp3) is 0.867. The summed E-state index contributed by atoms with van der Waals surface area (Å²) in [4.78, 5) is 6.87. The quantitative estimate of drug-likeness (QED) is 0.849. The van der Waals surface area contributed by atoms with Crippen molar-refractivity contribution in [3.63, 3.8) is 0 Å². The Hall–Kier alpha value is -0.980. The van der Waals surface area contributed by atoms with Crippen LogP contribution in [0.3, 0.4) is 0 Å². The van der Waals surface area contributed by atoms with Crippen molar-refractivity contribution in [1.82, 2.24) is 15.0 Å². The van der Waals surface area contributed by atoms with Crippen LogP contribution in [0.5, 0.6) is 0 Å². The third kappa shape index (κ3) is 3.62. The zero-order chi connectivity index (χ0) is 14.9. The van der Waals surface area contributed by atoms with Gasteiger partial charge in [0.05, 0.1) is 19.8 Å². The molecule has 0 radical (unpaired) electrons. The van der Waals surface area contributed by atoms with Crippen LogP contribution in [0.25, 0.3) is 0 Å². The van der Waals surface area contributed by atoms with Crippen molar-refractivity contribution >= 4 is 0 Å². The van der Waals surface area contributed by atoms with Gasteiger partial charge in [-0.3, -0.25) is 4.90 Å². The van der Waals surface area contributed by atoms with E-state index >= 15 is 0 Å². The average Bonchev–Trinajstić information content (AvgIpc) is 3.09. The van der Waals surface area contributed by atoms with Crippen LogP contribution >= 0.6 is 0 Å². The maximum absolute atomic E-state index is 5.61. The average molecular weight is 295 g/mol. The van der Waals surface area contributed by atoms with Gasteiger partial charge in [-0.15, -0.1) is 0 Å². The molecule has 0 spiro atoms. The molecule has 2 saturated heterocycles. The first-order valence-corrected chi connectivity index (χ1v) is 7.81. The molecule has 6 heteroatoms. The Morgan fingerprint density at radius 2 is 1.81 bits per heavy atom. The maximum atomic E-state index is 5.61. The van der Waals surface area contributed by atoms with E-state index in [-0.39, 0.29) is 11.7 Å². The molecule has 0 N–H and O–H groups in total. The first-order valence-electron chi connectivity index (χ1n) is 7.81. The standard InChI is InChI=1S/C15H25N3O3/c1-15(2,3)14-16-12(21-17-14)10-18-6-4-11(5-7-18)13-19-8-9-20-13/h11,13H,4-10H2,1-3H3. The van der Waals surface area contributed by atoms with Crippen LogP contribution in [-0.2, 0) is 21.4 Å². The zero-order valence-corrected chi connectivity index (χ0v) is 13.2. The van der Waals surface area contributed by atoms with Crippen LogP contribution in [0, 0.1) is 5.92 Å². The van der Waals surface area contributed by atoms with E-state index in [1.807, 2.05) is 0 Å². The highest BCUT2D eigenvalue weighted by Gasteiger charge is 2.31. The second kappa shape index (κ2) is 6.02. The number of hydrogen-bond acceptors (Lipinski definition) is 6. The Labute approximate surface area is 125 Å². The summed E-state index contributed by atoms with van der Waals surface area (Å²) >= 11 is 0. The highest BCUT2D eigenvalue weighted by atomic mass is 16.7. The van der Waals surface area contributed by atoms with Crippen LogP contribution in [0.15, 0.2) is 4.52 Å². The van der Waals surface area contributed by atoms with Crippen molar-refractivity contribution in [3.05, 3.63) is 11.7 Å². The molecule has 0 bridgehead atoms. The topological polar surface area (TPSA) is 60.6 Å². The molecule has 0 aromatic carbocycles. The number of nitrogens with zero attached hydrogens (tertiary/aromatic N) is 3. The van der Waals surface area contributed by atoms with Gasteiger partial charge in [0.2, 0.25) is 5.89 Å². The number of ether oxygens (including phenoxy) is 2. The molecule has 1 aromatic rings. The fourth-order valence-electron chi connectivity index (χ4n) is 2.85. The third-order valence-corrected chi connectivity index (χ3v) is 4.16. The predicted molar refractivity (Wildman–Crippen MR) is 76.7 cm³/mol. The van der Waals surface area contributed by atoms with Crippen molar-refractivity contribution < 1.29 is 14.0 Å². The Kier molecular flexibility index (Phi) is 4.28. The largest absolute Gasteiger partial charge is 0.350 e. The number of piperidine rings is 1. The van der Waals surface area contributed by atoms with Gasteiger partial charge in [-0.2, -0.15) is 4.98 Å². The normalized spacial score (nSPS) is 23.0. The molecular formula is C15H25N3O3. The van der Waals surface area contributed by atoms with E-state index < -0.39 is 0 Å². The lowest BCUT2D eigenvalue weighted by Crippen LogP contribution is -2.37. The van der Waals surface area contributed by atoms with Gasteiger partial charge in [-0.1, -0.05) is 25.9 Å². The summed E-state index contributed by atoms with van der Waals surface area (Å²) in [5.41, 5.74) is -0.0636. The summed E-state index contributed by atoms with van der Waals surface area (Å²) < 4.78 is 16.6. The predicted octanol–water partition coefficient (Wildman–Crippen LogP) is 1.95. The molecule has 1 aromatic heterocycles. The molecule has 2 fully saturated rings. The van der Waals surface area contributed by atoms with Crippen molar-refractivity contribution in [3.8, 4) is 0 Å². The van der Waals surface area contributed by atoms with E-state index in [1.54, 1.807) is 0 Å². The minimum Gasteiger partial charge on any atom is -0.350 e. The molecule has 0 amide bonds. The lowest BCUT2D eigenvalue weighted by Gasteiger charge is -2.32. The molecule has 0 saturated carbocycles. The number of aromatic nitrogens is 2. The smallest absolute Gasteiger partial charge is 0.240 e. The summed E-state index contributed by atoms with van der Waals surface area (Å²) in [5, 5.41) is 4.08. The molecule has 118 valence electrons. The number of hydrogen-bond donors (Lipinski definition) is 0. The first-order chi connectivity index (χ1) is 10.0.